The molecule has 5 nitrogen and oxygen atoms in total. The summed E-state index contributed by atoms with van der Waals surface area (Å²) >= 11 is 0. The summed E-state index contributed by atoms with van der Waals surface area (Å²) in [5.41, 5.74) is 6.03. The number of hydrogen-bond donors (Lipinski definition) is 3. The van der Waals surface area contributed by atoms with Gasteiger partial charge in [-0.3, -0.25) is 9.59 Å². The van der Waals surface area contributed by atoms with Gasteiger partial charge in [-0.2, -0.15) is 0 Å². The van der Waals surface area contributed by atoms with Gasteiger partial charge < -0.3 is 16.2 Å². The van der Waals surface area contributed by atoms with Gasteiger partial charge in [0.1, 0.15) is 0 Å². The van der Waals surface area contributed by atoms with Gasteiger partial charge in [0, 0.05) is 12.1 Å². The maximum atomic E-state index is 12.4. The van der Waals surface area contributed by atoms with E-state index in [9.17, 15) is 14.7 Å². The zero-order chi connectivity index (χ0) is 14.5. The van der Waals surface area contributed by atoms with Crippen LogP contribution in [-0.2, 0) is 9.59 Å². The van der Waals surface area contributed by atoms with Crippen molar-refractivity contribution >= 4 is 11.9 Å². The summed E-state index contributed by atoms with van der Waals surface area (Å²) in [7, 11) is 0. The molecule has 114 valence electrons. The molecule has 0 heterocycles. The summed E-state index contributed by atoms with van der Waals surface area (Å²) in [5, 5.41) is 12.3. The molecule has 2 fully saturated rings. The molecular formula is C15H26N2O3. The molecule has 0 aromatic carbocycles. The Bertz CT molecular complexity index is 359. The zero-order valence-corrected chi connectivity index (χ0v) is 12.0. The predicted octanol–water partition coefficient (Wildman–Crippen LogP) is 1.65. The smallest absolute Gasteiger partial charge is 0.308 e. The Balaban J connectivity index is 1.98. The van der Waals surface area contributed by atoms with E-state index in [2.05, 4.69) is 5.32 Å². The lowest BCUT2D eigenvalue weighted by molar-refractivity contribution is -0.143. The zero-order valence-electron chi connectivity index (χ0n) is 12.0. The van der Waals surface area contributed by atoms with E-state index < -0.39 is 11.9 Å². The lowest BCUT2D eigenvalue weighted by Gasteiger charge is -2.30. The van der Waals surface area contributed by atoms with E-state index in [0.717, 1.165) is 51.4 Å². The Morgan fingerprint density at radius 3 is 2.20 bits per heavy atom. The number of carbonyl (C=O) groups excluding carboxylic acids is 1. The second-order valence-electron chi connectivity index (χ2n) is 6.25. The topological polar surface area (TPSA) is 92.4 Å². The molecule has 0 saturated heterocycles. The molecular weight excluding hydrogens is 256 g/mol. The summed E-state index contributed by atoms with van der Waals surface area (Å²) in [4.78, 5) is 23.7. The first-order valence-electron chi connectivity index (χ1n) is 7.88. The minimum atomic E-state index is -0.787. The van der Waals surface area contributed by atoms with Crippen LogP contribution in [0.2, 0.25) is 0 Å². The third-order valence-electron chi connectivity index (χ3n) is 4.82. The highest BCUT2D eigenvalue weighted by atomic mass is 16.4. The molecule has 5 heteroatoms. The number of amides is 1. The average molecular weight is 282 g/mol. The summed E-state index contributed by atoms with van der Waals surface area (Å²) in [5.74, 6) is -1.40. The maximum Gasteiger partial charge on any atom is 0.308 e. The lowest BCUT2D eigenvalue weighted by Crippen LogP contribution is -2.49. The first-order valence-corrected chi connectivity index (χ1v) is 7.88. The number of aliphatic carboxylic acids is 1. The monoisotopic (exact) mass is 282 g/mol. The quantitative estimate of drug-likeness (QED) is 0.686. The Kier molecular flexibility index (Phi) is 5.40. The molecule has 0 aromatic heterocycles. The largest absolute Gasteiger partial charge is 0.481 e. The Morgan fingerprint density at radius 2 is 1.50 bits per heavy atom. The molecule has 4 atom stereocenters. The van der Waals surface area contributed by atoms with Crippen LogP contribution < -0.4 is 11.1 Å². The third kappa shape index (κ3) is 3.72. The molecule has 0 bridgehead atoms. The van der Waals surface area contributed by atoms with Crippen molar-refractivity contribution < 1.29 is 14.7 Å². The van der Waals surface area contributed by atoms with Crippen LogP contribution >= 0.6 is 0 Å². The molecule has 0 aromatic rings. The summed E-state index contributed by atoms with van der Waals surface area (Å²) < 4.78 is 0. The van der Waals surface area contributed by atoms with Crippen LogP contribution in [0.15, 0.2) is 0 Å². The van der Waals surface area contributed by atoms with Crippen molar-refractivity contribution in [2.75, 3.05) is 0 Å². The van der Waals surface area contributed by atoms with Crippen LogP contribution in [0, 0.1) is 11.8 Å². The van der Waals surface area contributed by atoms with E-state index in [1.807, 2.05) is 0 Å². The van der Waals surface area contributed by atoms with Gasteiger partial charge in [-0.15, -0.1) is 0 Å². The SMILES string of the molecule is NC1CCCCC1C(=O)NC1CCCCCC1C(=O)O. The van der Waals surface area contributed by atoms with E-state index in [1.165, 1.54) is 0 Å². The number of carboxylic acid groups (broad SMARTS) is 1. The molecule has 0 spiro atoms. The van der Waals surface area contributed by atoms with Gasteiger partial charge in [-0.1, -0.05) is 32.1 Å². The van der Waals surface area contributed by atoms with Crippen LogP contribution in [0.4, 0.5) is 0 Å². The number of carbonyl (C=O) groups is 2. The van der Waals surface area contributed by atoms with Gasteiger partial charge in [0.05, 0.1) is 11.8 Å². The number of carboxylic acids is 1. The van der Waals surface area contributed by atoms with Gasteiger partial charge >= 0.3 is 5.97 Å². The van der Waals surface area contributed by atoms with Gasteiger partial charge in [0.25, 0.3) is 0 Å². The highest BCUT2D eigenvalue weighted by molar-refractivity contribution is 5.81. The first kappa shape index (κ1) is 15.3. The van der Waals surface area contributed by atoms with Crippen molar-refractivity contribution in [3.8, 4) is 0 Å². The van der Waals surface area contributed by atoms with Gasteiger partial charge in [-0.25, -0.2) is 0 Å². The third-order valence-corrected chi connectivity index (χ3v) is 4.82. The van der Waals surface area contributed by atoms with Crippen molar-refractivity contribution in [1.82, 2.24) is 5.32 Å². The normalized spacial score (nSPS) is 35.0. The van der Waals surface area contributed by atoms with Gasteiger partial charge in [0.15, 0.2) is 0 Å². The molecule has 2 aliphatic rings. The minimum absolute atomic E-state index is 0.0321. The highest BCUT2D eigenvalue weighted by Crippen LogP contribution is 2.26. The number of nitrogens with one attached hydrogen (secondary N) is 1. The first-order chi connectivity index (χ1) is 9.59. The highest BCUT2D eigenvalue weighted by Gasteiger charge is 2.34. The van der Waals surface area contributed by atoms with Gasteiger partial charge in [-0.05, 0) is 25.7 Å². The summed E-state index contributed by atoms with van der Waals surface area (Å²) in [6.07, 6.45) is 8.27. The molecule has 2 saturated carbocycles. The van der Waals surface area contributed by atoms with Crippen molar-refractivity contribution in [2.24, 2.45) is 17.6 Å². The second kappa shape index (κ2) is 7.07. The number of nitrogens with two attached hydrogens (primary N) is 1. The number of rotatable bonds is 3. The van der Waals surface area contributed by atoms with Crippen molar-refractivity contribution in [2.45, 2.75) is 69.9 Å². The summed E-state index contributed by atoms with van der Waals surface area (Å²) in [6.45, 7) is 0. The van der Waals surface area contributed by atoms with Crippen molar-refractivity contribution in [3.63, 3.8) is 0 Å². The molecule has 20 heavy (non-hydrogen) atoms. The van der Waals surface area contributed by atoms with Crippen LogP contribution in [0.1, 0.15) is 57.8 Å². The van der Waals surface area contributed by atoms with E-state index >= 15 is 0 Å². The van der Waals surface area contributed by atoms with E-state index in [1.54, 1.807) is 0 Å². The van der Waals surface area contributed by atoms with Crippen LogP contribution in [0.5, 0.6) is 0 Å². The average Bonchev–Trinajstić information content (AvgIpc) is 2.64. The fourth-order valence-electron chi connectivity index (χ4n) is 3.55. The van der Waals surface area contributed by atoms with E-state index in [-0.39, 0.29) is 23.9 Å². The van der Waals surface area contributed by atoms with E-state index in [0.29, 0.717) is 6.42 Å². The minimum Gasteiger partial charge on any atom is -0.481 e. The standard InChI is InChI=1S/C15H26N2O3/c16-12-8-5-4-6-10(12)14(18)17-13-9-3-1-2-7-11(13)15(19)20/h10-13H,1-9,16H2,(H,17,18)(H,19,20). The van der Waals surface area contributed by atoms with Gasteiger partial charge in [0.2, 0.25) is 5.91 Å². The van der Waals surface area contributed by atoms with Crippen molar-refractivity contribution in [1.29, 1.82) is 0 Å². The fourth-order valence-corrected chi connectivity index (χ4v) is 3.55. The van der Waals surface area contributed by atoms with Crippen LogP contribution in [0.25, 0.3) is 0 Å². The second-order valence-corrected chi connectivity index (χ2v) is 6.25. The molecule has 4 N–H and O–H groups in total. The van der Waals surface area contributed by atoms with Crippen LogP contribution in [-0.4, -0.2) is 29.1 Å². The Hall–Kier alpha value is -1.10. The molecule has 0 radical (unpaired) electrons. The Morgan fingerprint density at radius 1 is 0.900 bits per heavy atom. The Labute approximate surface area is 120 Å². The van der Waals surface area contributed by atoms with Crippen LogP contribution in [0.3, 0.4) is 0 Å². The molecule has 2 aliphatic carbocycles. The number of hydrogen-bond acceptors (Lipinski definition) is 3. The molecule has 2 rings (SSSR count). The molecule has 4 unspecified atom stereocenters. The molecule has 1 amide bonds. The molecule has 0 aliphatic heterocycles. The predicted molar refractivity (Wildman–Crippen MR) is 76.1 cm³/mol. The van der Waals surface area contributed by atoms with Crippen molar-refractivity contribution in [3.05, 3.63) is 0 Å². The fraction of sp³-hybridized carbons (Fsp3) is 0.867. The summed E-state index contributed by atoms with van der Waals surface area (Å²) in [6, 6.07) is -0.297. The van der Waals surface area contributed by atoms with E-state index in [4.69, 9.17) is 5.73 Å². The lowest BCUT2D eigenvalue weighted by atomic mass is 9.84. The maximum absolute atomic E-state index is 12.4.